The van der Waals surface area contributed by atoms with E-state index in [4.69, 9.17) is 14.6 Å². The highest BCUT2D eigenvalue weighted by Crippen LogP contribution is 2.18. The smallest absolute Gasteiger partial charge is 0.410 e. The summed E-state index contributed by atoms with van der Waals surface area (Å²) in [6.07, 6.45) is -1.00. The fourth-order valence-electron chi connectivity index (χ4n) is 1.69. The van der Waals surface area contributed by atoms with E-state index in [1.165, 1.54) is 4.90 Å². The molecule has 0 aromatic carbocycles. The van der Waals surface area contributed by atoms with Gasteiger partial charge in [-0.2, -0.15) is 0 Å². The Hall–Kier alpha value is -0.850. The largest absolute Gasteiger partial charge is 0.444 e. The van der Waals surface area contributed by atoms with Crippen LogP contribution in [0.4, 0.5) is 4.79 Å². The third kappa shape index (κ3) is 4.80. The van der Waals surface area contributed by atoms with Crippen molar-refractivity contribution in [3.05, 3.63) is 0 Å². The molecule has 0 radical (unpaired) electrons. The molecule has 1 fully saturated rings. The molecule has 1 rings (SSSR count). The van der Waals surface area contributed by atoms with Gasteiger partial charge in [-0.15, -0.1) is 0 Å². The number of rotatable bonds is 1. The molecule has 0 aromatic rings. The van der Waals surface area contributed by atoms with Crippen molar-refractivity contribution < 1.29 is 24.5 Å². The number of ether oxygens (including phenoxy) is 2. The third-order valence-electron chi connectivity index (χ3n) is 2.44. The fourth-order valence-corrected chi connectivity index (χ4v) is 1.69. The molecule has 0 unspecified atom stereocenters. The molecule has 2 atom stereocenters. The molecule has 1 amide bonds. The number of aliphatic hydroxyl groups excluding tert-OH is 1. The van der Waals surface area contributed by atoms with Crippen molar-refractivity contribution in [1.29, 1.82) is 0 Å². The maximum absolute atomic E-state index is 12.0. The minimum absolute atomic E-state index is 0.0809. The summed E-state index contributed by atoms with van der Waals surface area (Å²) in [6.45, 7) is 7.14. The summed E-state index contributed by atoms with van der Waals surface area (Å²) >= 11 is 0. The molecular formula is C12H23NO5. The van der Waals surface area contributed by atoms with Crippen LogP contribution in [0.25, 0.3) is 0 Å². The summed E-state index contributed by atoms with van der Waals surface area (Å²) in [7, 11) is 0. The lowest BCUT2D eigenvalue weighted by Crippen LogP contribution is -2.46. The maximum Gasteiger partial charge on any atom is 0.410 e. The van der Waals surface area contributed by atoms with Crippen molar-refractivity contribution in [2.45, 2.75) is 45.0 Å². The van der Waals surface area contributed by atoms with Gasteiger partial charge in [-0.05, 0) is 27.7 Å². The lowest BCUT2D eigenvalue weighted by atomic mass is 10.1. The second-order valence-corrected chi connectivity index (χ2v) is 5.97. The first-order valence-electron chi connectivity index (χ1n) is 6.06. The number of nitrogens with zero attached hydrogens (tertiary/aromatic N) is 1. The Kier molecular flexibility index (Phi) is 4.58. The Morgan fingerprint density at radius 1 is 1.56 bits per heavy atom. The fraction of sp³-hybridized carbons (Fsp3) is 0.917. The van der Waals surface area contributed by atoms with Gasteiger partial charge in [0, 0.05) is 0 Å². The van der Waals surface area contributed by atoms with Gasteiger partial charge in [0.1, 0.15) is 11.2 Å². The van der Waals surface area contributed by atoms with E-state index in [1.807, 2.05) is 0 Å². The van der Waals surface area contributed by atoms with E-state index in [0.29, 0.717) is 0 Å². The maximum atomic E-state index is 12.0. The van der Waals surface area contributed by atoms with Gasteiger partial charge < -0.3 is 24.6 Å². The van der Waals surface area contributed by atoms with Crippen molar-refractivity contribution >= 4 is 6.09 Å². The lowest BCUT2D eigenvalue weighted by molar-refractivity contribution is -0.0538. The van der Waals surface area contributed by atoms with E-state index < -0.39 is 23.4 Å². The zero-order valence-corrected chi connectivity index (χ0v) is 11.5. The van der Waals surface area contributed by atoms with Crippen LogP contribution in [0, 0.1) is 0 Å². The Labute approximate surface area is 107 Å². The molecule has 0 saturated carbocycles. The second-order valence-electron chi connectivity index (χ2n) is 5.97. The molecule has 0 bridgehead atoms. The molecule has 106 valence electrons. The number of β-amino-alcohol motifs (C(OH)–C–C–N with tert-alkyl or cyclic N) is 1. The SMILES string of the molecule is CC(C)(C)OC(=O)N1C[C@@H](CO)OC[C@@](C)(O)C1. The van der Waals surface area contributed by atoms with Crippen molar-refractivity contribution in [2.24, 2.45) is 0 Å². The summed E-state index contributed by atoms with van der Waals surface area (Å²) in [5, 5.41) is 19.2. The van der Waals surface area contributed by atoms with Crippen LogP contribution in [0.3, 0.4) is 0 Å². The molecule has 6 nitrogen and oxygen atoms in total. The summed E-state index contributed by atoms with van der Waals surface area (Å²) in [5.41, 5.74) is -1.73. The molecule has 0 spiro atoms. The molecule has 1 saturated heterocycles. The van der Waals surface area contributed by atoms with Crippen LogP contribution in [0.2, 0.25) is 0 Å². The minimum Gasteiger partial charge on any atom is -0.444 e. The van der Waals surface area contributed by atoms with Crippen LogP contribution in [0.15, 0.2) is 0 Å². The highest BCUT2D eigenvalue weighted by molar-refractivity contribution is 5.68. The van der Waals surface area contributed by atoms with Gasteiger partial charge in [0.2, 0.25) is 0 Å². The molecule has 6 heteroatoms. The van der Waals surface area contributed by atoms with Crippen LogP contribution in [0.1, 0.15) is 27.7 Å². The van der Waals surface area contributed by atoms with Crippen LogP contribution in [-0.4, -0.2) is 64.8 Å². The number of carbonyl (C=O) groups excluding carboxylic acids is 1. The quantitative estimate of drug-likeness (QED) is 0.712. The number of hydrogen-bond acceptors (Lipinski definition) is 5. The summed E-state index contributed by atoms with van der Waals surface area (Å²) < 4.78 is 10.6. The van der Waals surface area contributed by atoms with Crippen molar-refractivity contribution in [2.75, 3.05) is 26.3 Å². The lowest BCUT2D eigenvalue weighted by Gasteiger charge is -2.30. The molecular weight excluding hydrogens is 238 g/mol. The van der Waals surface area contributed by atoms with E-state index in [1.54, 1.807) is 27.7 Å². The number of hydrogen-bond donors (Lipinski definition) is 2. The first-order chi connectivity index (χ1) is 8.13. The Bertz CT molecular complexity index is 297. The van der Waals surface area contributed by atoms with Crippen LogP contribution in [-0.2, 0) is 9.47 Å². The van der Waals surface area contributed by atoms with E-state index in [-0.39, 0.29) is 26.3 Å². The molecule has 2 N–H and O–H groups in total. The molecule has 0 aliphatic carbocycles. The monoisotopic (exact) mass is 261 g/mol. The van der Waals surface area contributed by atoms with Gasteiger partial charge in [-0.25, -0.2) is 4.79 Å². The number of aliphatic hydroxyl groups is 2. The summed E-state index contributed by atoms with van der Waals surface area (Å²) in [5.74, 6) is 0. The molecule has 18 heavy (non-hydrogen) atoms. The Morgan fingerprint density at radius 3 is 2.67 bits per heavy atom. The minimum atomic E-state index is -1.14. The van der Waals surface area contributed by atoms with Crippen LogP contribution >= 0.6 is 0 Å². The van der Waals surface area contributed by atoms with E-state index in [2.05, 4.69) is 0 Å². The Balaban J connectivity index is 2.74. The average molecular weight is 261 g/mol. The first-order valence-corrected chi connectivity index (χ1v) is 6.06. The molecule has 1 heterocycles. The van der Waals surface area contributed by atoms with E-state index >= 15 is 0 Å². The molecule has 0 aromatic heterocycles. The number of carbonyl (C=O) groups is 1. The van der Waals surface area contributed by atoms with Gasteiger partial charge in [0.05, 0.1) is 32.4 Å². The van der Waals surface area contributed by atoms with Gasteiger partial charge in [-0.3, -0.25) is 0 Å². The van der Waals surface area contributed by atoms with E-state index in [9.17, 15) is 9.90 Å². The van der Waals surface area contributed by atoms with Crippen molar-refractivity contribution in [3.8, 4) is 0 Å². The first kappa shape index (κ1) is 15.2. The molecule has 1 aliphatic rings. The topological polar surface area (TPSA) is 79.2 Å². The predicted molar refractivity (Wildman–Crippen MR) is 65.3 cm³/mol. The van der Waals surface area contributed by atoms with Crippen molar-refractivity contribution in [3.63, 3.8) is 0 Å². The third-order valence-corrected chi connectivity index (χ3v) is 2.44. The summed E-state index contributed by atoms with van der Waals surface area (Å²) in [6, 6.07) is 0. The van der Waals surface area contributed by atoms with Crippen LogP contribution in [0.5, 0.6) is 0 Å². The van der Waals surface area contributed by atoms with Gasteiger partial charge in [0.25, 0.3) is 0 Å². The van der Waals surface area contributed by atoms with Gasteiger partial charge >= 0.3 is 6.09 Å². The number of amides is 1. The highest BCUT2D eigenvalue weighted by atomic mass is 16.6. The second kappa shape index (κ2) is 5.42. The normalized spacial score (nSPS) is 29.9. The van der Waals surface area contributed by atoms with Crippen LogP contribution < -0.4 is 0 Å². The van der Waals surface area contributed by atoms with Gasteiger partial charge in [0.15, 0.2) is 0 Å². The predicted octanol–water partition coefficient (Wildman–Crippen LogP) is 0.366. The average Bonchev–Trinajstić information content (AvgIpc) is 2.34. The summed E-state index contributed by atoms with van der Waals surface area (Å²) in [4.78, 5) is 13.3. The zero-order chi connectivity index (χ0) is 14.0. The van der Waals surface area contributed by atoms with Crippen molar-refractivity contribution in [1.82, 2.24) is 4.90 Å². The van der Waals surface area contributed by atoms with Gasteiger partial charge in [-0.1, -0.05) is 0 Å². The highest BCUT2D eigenvalue weighted by Gasteiger charge is 2.35. The Morgan fingerprint density at radius 2 is 2.17 bits per heavy atom. The van der Waals surface area contributed by atoms with E-state index in [0.717, 1.165) is 0 Å². The standard InChI is InChI=1S/C12H23NO5/c1-11(2,3)18-10(15)13-5-9(6-14)17-8-12(4,16)7-13/h9,14,16H,5-8H2,1-4H3/t9-,12-/m0/s1. The zero-order valence-electron chi connectivity index (χ0n) is 11.5. The molecule has 1 aliphatic heterocycles.